The first kappa shape index (κ1) is 13.5. The van der Waals surface area contributed by atoms with Crippen LogP contribution in [0.1, 0.15) is 11.1 Å². The minimum atomic E-state index is -0.299. The second kappa shape index (κ2) is 5.10. The van der Waals surface area contributed by atoms with Crippen molar-refractivity contribution in [1.82, 2.24) is 14.5 Å². The summed E-state index contributed by atoms with van der Waals surface area (Å²) in [7, 11) is 0. The highest BCUT2D eigenvalue weighted by atomic mass is 79.9. The maximum atomic E-state index is 13.7. The van der Waals surface area contributed by atoms with Crippen LogP contribution in [-0.2, 0) is 6.54 Å². The number of pyridine rings is 1. The van der Waals surface area contributed by atoms with Gasteiger partial charge in [-0.2, -0.15) is 0 Å². The van der Waals surface area contributed by atoms with Gasteiger partial charge in [-0.3, -0.25) is 4.98 Å². The minimum absolute atomic E-state index is 0.299. The quantitative estimate of drug-likeness (QED) is 0.696. The molecule has 1 N–H and O–H groups in total. The summed E-state index contributed by atoms with van der Waals surface area (Å²) in [6.45, 7) is 2.59. The summed E-state index contributed by atoms with van der Waals surface area (Å²) < 4.78 is 16.6. The van der Waals surface area contributed by atoms with E-state index in [1.165, 1.54) is 6.07 Å². The molecule has 1 aromatic carbocycles. The molecule has 6 heteroatoms. The number of benzene rings is 1. The molecule has 2 aromatic heterocycles. The van der Waals surface area contributed by atoms with Gasteiger partial charge in [0, 0.05) is 18.5 Å². The van der Waals surface area contributed by atoms with Crippen molar-refractivity contribution < 1.29 is 4.39 Å². The van der Waals surface area contributed by atoms with Gasteiger partial charge >= 0.3 is 0 Å². The first-order chi connectivity index (χ1) is 9.56. The standard InChI is InChI=1S/C14H11BrFN3S/c1-8-6-17-3-2-9(8)7-19-13-5-11(16)10(15)4-12(13)18-14(19)20/h2-6H,7H2,1H3,(H,18,20). The molecule has 0 spiro atoms. The van der Waals surface area contributed by atoms with E-state index in [-0.39, 0.29) is 5.82 Å². The molecule has 0 bridgehead atoms. The number of halogens is 2. The van der Waals surface area contributed by atoms with E-state index in [9.17, 15) is 4.39 Å². The molecule has 0 aliphatic carbocycles. The molecule has 0 aliphatic heterocycles. The summed E-state index contributed by atoms with van der Waals surface area (Å²) in [4.78, 5) is 7.18. The van der Waals surface area contributed by atoms with Crippen molar-refractivity contribution in [1.29, 1.82) is 0 Å². The Labute approximate surface area is 128 Å². The second-order valence-electron chi connectivity index (χ2n) is 4.60. The Bertz CT molecular complexity index is 853. The van der Waals surface area contributed by atoms with Crippen LogP contribution in [0.25, 0.3) is 11.0 Å². The molecule has 2 heterocycles. The highest BCUT2D eigenvalue weighted by Gasteiger charge is 2.10. The molecule has 0 fully saturated rings. The van der Waals surface area contributed by atoms with E-state index in [0.717, 1.165) is 22.2 Å². The Balaban J connectivity index is 2.17. The normalized spacial score (nSPS) is 11.2. The van der Waals surface area contributed by atoms with Gasteiger partial charge in [-0.15, -0.1) is 0 Å². The lowest BCUT2D eigenvalue weighted by molar-refractivity contribution is 0.622. The van der Waals surface area contributed by atoms with Crippen LogP contribution < -0.4 is 0 Å². The Morgan fingerprint density at radius 1 is 1.45 bits per heavy atom. The van der Waals surface area contributed by atoms with Crippen LogP contribution in [0.15, 0.2) is 35.1 Å². The largest absolute Gasteiger partial charge is 0.331 e. The van der Waals surface area contributed by atoms with Crippen LogP contribution in [0.4, 0.5) is 4.39 Å². The molecule has 0 aliphatic rings. The van der Waals surface area contributed by atoms with Gasteiger partial charge in [0.05, 0.1) is 22.1 Å². The number of H-pyrrole nitrogens is 1. The predicted octanol–water partition coefficient (Wildman–Crippen LogP) is 4.35. The molecule has 0 atom stereocenters. The number of imidazole rings is 1. The summed E-state index contributed by atoms with van der Waals surface area (Å²) in [5.41, 5.74) is 3.77. The zero-order chi connectivity index (χ0) is 14.3. The van der Waals surface area contributed by atoms with E-state index in [0.29, 0.717) is 15.8 Å². The average Bonchev–Trinajstić information content (AvgIpc) is 2.69. The third-order valence-electron chi connectivity index (χ3n) is 3.28. The molecule has 0 saturated carbocycles. The maximum Gasteiger partial charge on any atom is 0.178 e. The topological polar surface area (TPSA) is 33.6 Å². The number of aromatic nitrogens is 3. The number of fused-ring (bicyclic) bond motifs is 1. The minimum Gasteiger partial charge on any atom is -0.331 e. The zero-order valence-corrected chi connectivity index (χ0v) is 13.1. The maximum absolute atomic E-state index is 13.7. The number of nitrogens with one attached hydrogen (secondary N) is 1. The Morgan fingerprint density at radius 3 is 3.00 bits per heavy atom. The van der Waals surface area contributed by atoms with Crippen LogP contribution >= 0.6 is 28.1 Å². The zero-order valence-electron chi connectivity index (χ0n) is 10.7. The Hall–Kier alpha value is -1.53. The molecule has 0 unspecified atom stereocenters. The van der Waals surface area contributed by atoms with E-state index in [1.807, 2.05) is 23.8 Å². The van der Waals surface area contributed by atoms with Gasteiger partial charge in [0.15, 0.2) is 4.77 Å². The molecular weight excluding hydrogens is 341 g/mol. The summed E-state index contributed by atoms with van der Waals surface area (Å²) >= 11 is 8.52. The third kappa shape index (κ3) is 2.29. The van der Waals surface area contributed by atoms with Crippen molar-refractivity contribution >= 4 is 39.2 Å². The smallest absolute Gasteiger partial charge is 0.178 e. The fourth-order valence-electron chi connectivity index (χ4n) is 2.16. The van der Waals surface area contributed by atoms with Gasteiger partial charge in [0.2, 0.25) is 0 Å². The lowest BCUT2D eigenvalue weighted by Crippen LogP contribution is -2.02. The first-order valence-electron chi connectivity index (χ1n) is 6.03. The highest BCUT2D eigenvalue weighted by Crippen LogP contribution is 2.24. The number of aromatic amines is 1. The monoisotopic (exact) mass is 351 g/mol. The van der Waals surface area contributed by atoms with Gasteiger partial charge in [0.25, 0.3) is 0 Å². The van der Waals surface area contributed by atoms with Crippen molar-refractivity contribution in [3.63, 3.8) is 0 Å². The molecule has 3 rings (SSSR count). The molecule has 20 heavy (non-hydrogen) atoms. The summed E-state index contributed by atoms with van der Waals surface area (Å²) in [6.07, 6.45) is 3.56. The number of nitrogens with zero attached hydrogens (tertiary/aromatic N) is 2. The van der Waals surface area contributed by atoms with E-state index < -0.39 is 0 Å². The highest BCUT2D eigenvalue weighted by molar-refractivity contribution is 9.10. The third-order valence-corrected chi connectivity index (χ3v) is 4.21. The van der Waals surface area contributed by atoms with E-state index in [2.05, 4.69) is 25.9 Å². The molecule has 0 amide bonds. The summed E-state index contributed by atoms with van der Waals surface area (Å²) in [5, 5.41) is 0. The van der Waals surface area contributed by atoms with Crippen molar-refractivity contribution in [2.45, 2.75) is 13.5 Å². The molecule has 3 nitrogen and oxygen atoms in total. The molecule has 102 valence electrons. The number of rotatable bonds is 2. The van der Waals surface area contributed by atoms with Crippen molar-refractivity contribution in [3.8, 4) is 0 Å². The predicted molar refractivity (Wildman–Crippen MR) is 82.9 cm³/mol. The van der Waals surface area contributed by atoms with Gasteiger partial charge in [-0.05, 0) is 58.3 Å². The van der Waals surface area contributed by atoms with E-state index >= 15 is 0 Å². The van der Waals surface area contributed by atoms with Crippen LogP contribution in [0.2, 0.25) is 0 Å². The Morgan fingerprint density at radius 2 is 2.25 bits per heavy atom. The lowest BCUT2D eigenvalue weighted by Gasteiger charge is -2.07. The number of hydrogen-bond acceptors (Lipinski definition) is 2. The fourth-order valence-corrected chi connectivity index (χ4v) is 2.78. The molecule has 0 radical (unpaired) electrons. The first-order valence-corrected chi connectivity index (χ1v) is 7.23. The second-order valence-corrected chi connectivity index (χ2v) is 5.84. The molecule has 3 aromatic rings. The van der Waals surface area contributed by atoms with Gasteiger partial charge in [-0.1, -0.05) is 0 Å². The molecular formula is C14H11BrFN3S. The van der Waals surface area contributed by atoms with Crippen LogP contribution in [0.3, 0.4) is 0 Å². The van der Waals surface area contributed by atoms with Crippen LogP contribution in [0.5, 0.6) is 0 Å². The van der Waals surface area contributed by atoms with Crippen LogP contribution in [0, 0.1) is 17.5 Å². The van der Waals surface area contributed by atoms with Crippen molar-refractivity contribution in [2.24, 2.45) is 0 Å². The van der Waals surface area contributed by atoms with Gasteiger partial charge < -0.3 is 9.55 Å². The van der Waals surface area contributed by atoms with Crippen molar-refractivity contribution in [3.05, 3.63) is 56.8 Å². The van der Waals surface area contributed by atoms with Gasteiger partial charge in [-0.25, -0.2) is 4.39 Å². The lowest BCUT2D eigenvalue weighted by atomic mass is 10.1. The summed E-state index contributed by atoms with van der Waals surface area (Å²) in [6, 6.07) is 5.14. The SMILES string of the molecule is Cc1cnccc1Cn1c(=S)[nH]c2cc(Br)c(F)cc21. The van der Waals surface area contributed by atoms with Crippen molar-refractivity contribution in [2.75, 3.05) is 0 Å². The summed E-state index contributed by atoms with van der Waals surface area (Å²) in [5.74, 6) is -0.299. The van der Waals surface area contributed by atoms with Crippen LogP contribution in [-0.4, -0.2) is 14.5 Å². The number of hydrogen-bond donors (Lipinski definition) is 1. The number of aryl methyl sites for hydroxylation is 1. The van der Waals surface area contributed by atoms with E-state index in [1.54, 1.807) is 12.3 Å². The van der Waals surface area contributed by atoms with Gasteiger partial charge in [0.1, 0.15) is 5.82 Å². The average molecular weight is 352 g/mol. The van der Waals surface area contributed by atoms with E-state index in [4.69, 9.17) is 12.2 Å². The molecule has 0 saturated heterocycles. The Kier molecular flexibility index (Phi) is 3.43. The fraction of sp³-hybridized carbons (Fsp3) is 0.143.